The normalized spacial score (nSPS) is 14.3. The van der Waals surface area contributed by atoms with Crippen molar-refractivity contribution in [1.82, 2.24) is 30.6 Å². The van der Waals surface area contributed by atoms with Gasteiger partial charge in [0.1, 0.15) is 11.6 Å². The number of likely N-dealkylation sites (tertiary alicyclic amines) is 1. The van der Waals surface area contributed by atoms with Crippen molar-refractivity contribution in [2.45, 2.75) is 65.0 Å². The molecule has 0 saturated carbocycles. The van der Waals surface area contributed by atoms with Crippen molar-refractivity contribution >= 4 is 41.5 Å². The third-order valence-electron chi connectivity index (χ3n) is 11.4. The van der Waals surface area contributed by atoms with Gasteiger partial charge in [0, 0.05) is 65.0 Å². The molecule has 0 aliphatic carbocycles. The van der Waals surface area contributed by atoms with Crippen LogP contribution in [0.5, 0.6) is 0 Å². The quantitative estimate of drug-likeness (QED) is 0.111. The molecule has 8 rings (SSSR count). The molecule has 0 radical (unpaired) electrons. The molecule has 0 bridgehead atoms. The van der Waals surface area contributed by atoms with E-state index in [-0.39, 0.29) is 83.5 Å². The fourth-order valence-corrected chi connectivity index (χ4v) is 7.75. The van der Waals surface area contributed by atoms with Gasteiger partial charge in [-0.2, -0.15) is 17.6 Å². The molecule has 2 fully saturated rings. The summed E-state index contributed by atoms with van der Waals surface area (Å²) in [5.74, 6) is -3.80. The van der Waals surface area contributed by atoms with Crippen LogP contribution in [0.3, 0.4) is 0 Å². The number of nitrogens with one attached hydrogen (secondary N) is 1. The summed E-state index contributed by atoms with van der Waals surface area (Å²) in [7, 11) is 0. The Bertz CT molecular complexity index is 2570. The molecule has 2 aromatic heterocycles. The van der Waals surface area contributed by atoms with E-state index in [1.807, 2.05) is 43.3 Å². The minimum absolute atomic E-state index is 0. The molecule has 13 nitrogen and oxygen atoms in total. The van der Waals surface area contributed by atoms with Crippen LogP contribution in [-0.2, 0) is 27.5 Å². The van der Waals surface area contributed by atoms with Gasteiger partial charge in [-0.15, -0.1) is 32.8 Å². The summed E-state index contributed by atoms with van der Waals surface area (Å²) in [6.07, 6.45) is -2.85. The molecule has 354 valence electrons. The average Bonchev–Trinajstić information content (AvgIpc) is 4.06. The van der Waals surface area contributed by atoms with E-state index in [0.717, 1.165) is 38.1 Å². The second-order valence-electron chi connectivity index (χ2n) is 15.7. The smallest absolute Gasteiger partial charge is 0.314 e. The zero-order valence-corrected chi connectivity index (χ0v) is 37.0. The average molecular weight is 953 g/mol. The van der Waals surface area contributed by atoms with Gasteiger partial charge in [-0.05, 0) is 87.3 Å². The van der Waals surface area contributed by atoms with Crippen molar-refractivity contribution in [2.24, 2.45) is 11.8 Å². The highest BCUT2D eigenvalue weighted by molar-refractivity contribution is 5.96. The molecule has 4 aromatic carbocycles. The maximum absolute atomic E-state index is 15.0. The van der Waals surface area contributed by atoms with Crippen molar-refractivity contribution in [2.75, 3.05) is 36.0 Å². The molecule has 3 amide bonds. The number of carbonyl (C=O) groups excluding carboxylic acids is 3. The number of rotatable bonds is 13. The van der Waals surface area contributed by atoms with E-state index >= 15 is 4.39 Å². The van der Waals surface area contributed by atoms with Crippen LogP contribution in [0, 0.1) is 23.5 Å². The van der Waals surface area contributed by atoms with Gasteiger partial charge in [0.15, 0.2) is 0 Å². The predicted octanol–water partition coefficient (Wildman–Crippen LogP) is 9.76. The maximum atomic E-state index is 15.0. The molecule has 6 aromatic rings. The predicted molar refractivity (Wildman–Crippen MR) is 237 cm³/mol. The minimum Gasteiger partial charge on any atom is -0.415 e. The third-order valence-corrected chi connectivity index (χ3v) is 11.4. The molecule has 4 heterocycles. The second kappa shape index (κ2) is 23.2. The number of carbonyl (C=O) groups is 3. The van der Waals surface area contributed by atoms with Gasteiger partial charge < -0.3 is 28.9 Å². The Kier molecular flexibility index (Phi) is 17.3. The molecule has 2 aliphatic heterocycles. The van der Waals surface area contributed by atoms with Crippen molar-refractivity contribution in [3.05, 3.63) is 132 Å². The first-order chi connectivity index (χ1) is 31.9. The Morgan fingerprint density at radius 1 is 0.642 bits per heavy atom. The van der Waals surface area contributed by atoms with Crippen LogP contribution < -0.4 is 15.1 Å². The summed E-state index contributed by atoms with van der Waals surface area (Å²) in [4.78, 5) is 43.6. The molecular weight excluding hydrogens is 906 g/mol. The number of benzene rings is 4. The van der Waals surface area contributed by atoms with Crippen LogP contribution in [0.2, 0.25) is 0 Å². The zero-order valence-electron chi connectivity index (χ0n) is 36.2. The minimum atomic E-state index is -2.92. The highest BCUT2D eigenvalue weighted by Crippen LogP contribution is 2.31. The van der Waals surface area contributed by atoms with Gasteiger partial charge in [-0.3, -0.25) is 14.4 Å². The summed E-state index contributed by atoms with van der Waals surface area (Å²) in [5.41, 5.74) is 2.22. The lowest BCUT2D eigenvalue weighted by Crippen LogP contribution is -2.44. The Morgan fingerprint density at radius 2 is 1.06 bits per heavy atom. The molecule has 67 heavy (non-hydrogen) atoms. The van der Waals surface area contributed by atoms with Crippen molar-refractivity contribution in [1.29, 1.82) is 0 Å². The van der Waals surface area contributed by atoms with Gasteiger partial charge in [-0.1, -0.05) is 55.5 Å². The fourth-order valence-electron chi connectivity index (χ4n) is 7.75. The molecule has 20 heteroatoms. The lowest BCUT2D eigenvalue weighted by atomic mass is 9.94. The highest BCUT2D eigenvalue weighted by atomic mass is 35.5. The van der Waals surface area contributed by atoms with E-state index in [4.69, 9.17) is 8.83 Å². The van der Waals surface area contributed by atoms with E-state index in [0.29, 0.717) is 49.3 Å². The molecule has 1 N–H and O–H groups in total. The summed E-state index contributed by atoms with van der Waals surface area (Å²) in [6, 6.07) is 26.4. The number of aromatic nitrogens is 4. The van der Waals surface area contributed by atoms with E-state index < -0.39 is 36.3 Å². The van der Waals surface area contributed by atoms with Gasteiger partial charge >= 0.3 is 12.9 Å². The highest BCUT2D eigenvalue weighted by Gasteiger charge is 2.32. The van der Waals surface area contributed by atoms with Crippen LogP contribution in [0.1, 0.15) is 74.8 Å². The SMILES string of the molecule is CCC(=O)N1CCC(C(=O)N(Cc2ccc(-c3nnc(C(F)F)o3)cc2F)c2ccccc2)CC1.Cl.O=C(C1CCNCC1)N(Cc1ccc(-c2nnc(C(F)F)o2)cc1F)c1ccccc1. The van der Waals surface area contributed by atoms with E-state index in [1.54, 1.807) is 39.0 Å². The maximum Gasteiger partial charge on any atom is 0.314 e. The molecule has 2 aliphatic rings. The Labute approximate surface area is 388 Å². The first-order valence-corrected chi connectivity index (χ1v) is 21.4. The largest absolute Gasteiger partial charge is 0.415 e. The van der Waals surface area contributed by atoms with Gasteiger partial charge in [0.2, 0.25) is 29.5 Å². The lowest BCUT2D eigenvalue weighted by Gasteiger charge is -2.34. The van der Waals surface area contributed by atoms with E-state index in [2.05, 4.69) is 25.7 Å². The summed E-state index contributed by atoms with van der Waals surface area (Å²) in [5, 5.41) is 16.9. The zero-order chi connectivity index (χ0) is 46.7. The number of para-hydroxylation sites is 2. The van der Waals surface area contributed by atoms with Crippen molar-refractivity contribution in [3.8, 4) is 22.9 Å². The van der Waals surface area contributed by atoms with Crippen molar-refractivity contribution in [3.63, 3.8) is 0 Å². The number of piperidine rings is 2. The Morgan fingerprint density at radius 3 is 1.43 bits per heavy atom. The Balaban J connectivity index is 0.000000219. The monoisotopic (exact) mass is 952 g/mol. The topological polar surface area (TPSA) is 151 Å². The number of alkyl halides is 4. The van der Waals surface area contributed by atoms with E-state index in [9.17, 15) is 36.3 Å². The Hall–Kier alpha value is -6.60. The fraction of sp³-hybridized carbons (Fsp3) is 0.340. The number of hydrogen-bond donors (Lipinski definition) is 1. The molecule has 0 spiro atoms. The standard InChI is InChI=1S/C25H25F3N4O3.C22H21F3N4O2.ClH/c1-2-21(33)31-12-10-16(11-13-31)25(34)32(19-6-4-3-5-7-19)15-18-9-8-17(14-20(18)26)23-29-30-24(35-23)22(27)28;23-18-12-15(20-27-28-21(31-20)19(24)25)6-7-16(18)13-29(17-4-2-1-3-5-17)22(30)14-8-10-26-11-9-14;/h3-9,14,16,22H,2,10-13,15H2,1H3;1-7,12,14,19,26H,8-11,13H2;1H. The number of nitrogens with zero attached hydrogens (tertiary/aromatic N) is 7. The first kappa shape index (κ1) is 49.8. The van der Waals surface area contributed by atoms with Gasteiger partial charge in [-0.25, -0.2) is 8.78 Å². The molecule has 0 atom stereocenters. The van der Waals surface area contributed by atoms with Crippen LogP contribution >= 0.6 is 12.4 Å². The number of halogens is 7. The number of anilines is 2. The van der Waals surface area contributed by atoms with Gasteiger partial charge in [0.25, 0.3) is 11.8 Å². The van der Waals surface area contributed by atoms with Gasteiger partial charge in [0.05, 0.1) is 13.1 Å². The summed E-state index contributed by atoms with van der Waals surface area (Å²) >= 11 is 0. The van der Waals surface area contributed by atoms with Crippen LogP contribution in [0.4, 0.5) is 37.7 Å². The molecular formula is C47H47ClF6N8O5. The molecule has 0 unspecified atom stereocenters. The number of amides is 3. The molecule has 2 saturated heterocycles. The van der Waals surface area contributed by atoms with Crippen LogP contribution in [-0.4, -0.2) is 69.2 Å². The summed E-state index contributed by atoms with van der Waals surface area (Å²) in [6.45, 7) is 4.41. The van der Waals surface area contributed by atoms with E-state index in [1.165, 1.54) is 24.3 Å². The third kappa shape index (κ3) is 12.4. The second-order valence-corrected chi connectivity index (χ2v) is 15.7. The van der Waals surface area contributed by atoms with Crippen molar-refractivity contribution < 1.29 is 49.6 Å². The van der Waals surface area contributed by atoms with Crippen LogP contribution in [0.25, 0.3) is 22.9 Å². The summed E-state index contributed by atoms with van der Waals surface area (Å²) < 4.78 is 90.5. The number of hydrogen-bond acceptors (Lipinski definition) is 10. The first-order valence-electron chi connectivity index (χ1n) is 21.4. The van der Waals surface area contributed by atoms with Crippen LogP contribution in [0.15, 0.2) is 106 Å². The lowest BCUT2D eigenvalue weighted by molar-refractivity contribution is -0.134.